The van der Waals surface area contributed by atoms with Crippen LogP contribution in [-0.4, -0.2) is 5.78 Å². The molecule has 1 atom stereocenters. The number of hydrogen-bond acceptors (Lipinski definition) is 2. The van der Waals surface area contributed by atoms with Gasteiger partial charge in [0.2, 0.25) is 0 Å². The maximum atomic E-state index is 12.9. The molecule has 0 fully saturated rings. The molecule has 0 amide bonds. The largest absolute Gasteiger partial charge is 0.292 e. The van der Waals surface area contributed by atoms with Crippen LogP contribution in [0.2, 0.25) is 0 Å². The third-order valence-electron chi connectivity index (χ3n) is 2.98. The summed E-state index contributed by atoms with van der Waals surface area (Å²) in [6, 6.07) is 12.7. The second kappa shape index (κ2) is 5.98. The van der Waals surface area contributed by atoms with Crippen LogP contribution in [0.15, 0.2) is 46.9 Å². The van der Waals surface area contributed by atoms with Crippen molar-refractivity contribution in [2.45, 2.75) is 12.8 Å². The molecule has 2 aromatic rings. The van der Waals surface area contributed by atoms with Crippen molar-refractivity contribution >= 4 is 21.7 Å². The van der Waals surface area contributed by atoms with E-state index in [0.29, 0.717) is 15.6 Å². The SMILES string of the molecule is Cc1ccc(C(=O)C(C#N)c2ccc(F)cc2)c(Br)c1. The highest BCUT2D eigenvalue weighted by Crippen LogP contribution is 2.26. The Kier molecular flexibility index (Phi) is 4.31. The van der Waals surface area contributed by atoms with Crippen molar-refractivity contribution in [3.05, 3.63) is 69.4 Å². The van der Waals surface area contributed by atoms with E-state index in [0.717, 1.165) is 5.56 Å². The molecule has 0 aromatic heterocycles. The molecule has 0 N–H and O–H groups in total. The highest BCUT2D eigenvalue weighted by molar-refractivity contribution is 9.10. The number of halogens is 2. The third-order valence-corrected chi connectivity index (χ3v) is 3.64. The van der Waals surface area contributed by atoms with Crippen molar-refractivity contribution in [2.75, 3.05) is 0 Å². The Morgan fingerprint density at radius 1 is 1.25 bits per heavy atom. The van der Waals surface area contributed by atoms with E-state index in [2.05, 4.69) is 15.9 Å². The minimum absolute atomic E-state index is 0.300. The van der Waals surface area contributed by atoms with Gasteiger partial charge in [-0.15, -0.1) is 0 Å². The first kappa shape index (κ1) is 14.4. The number of carbonyl (C=O) groups is 1. The molecule has 2 rings (SSSR count). The number of carbonyl (C=O) groups excluding carboxylic acids is 1. The van der Waals surface area contributed by atoms with Crippen molar-refractivity contribution in [3.8, 4) is 6.07 Å². The van der Waals surface area contributed by atoms with Gasteiger partial charge in [-0.3, -0.25) is 4.79 Å². The van der Waals surface area contributed by atoms with Gasteiger partial charge in [-0.2, -0.15) is 5.26 Å². The Labute approximate surface area is 125 Å². The van der Waals surface area contributed by atoms with E-state index in [1.165, 1.54) is 24.3 Å². The topological polar surface area (TPSA) is 40.9 Å². The number of benzene rings is 2. The van der Waals surface area contributed by atoms with E-state index in [-0.39, 0.29) is 5.78 Å². The van der Waals surface area contributed by atoms with Gasteiger partial charge in [-0.25, -0.2) is 4.39 Å². The Bertz CT molecular complexity index is 689. The first-order chi connectivity index (χ1) is 9.52. The van der Waals surface area contributed by atoms with Gasteiger partial charge in [0.25, 0.3) is 0 Å². The summed E-state index contributed by atoms with van der Waals surface area (Å²) in [7, 11) is 0. The number of hydrogen-bond donors (Lipinski definition) is 0. The maximum Gasteiger partial charge on any atom is 0.185 e. The molecule has 2 nitrogen and oxygen atoms in total. The lowest BCUT2D eigenvalue weighted by Crippen LogP contribution is -2.12. The predicted molar refractivity (Wildman–Crippen MR) is 78.0 cm³/mol. The number of Topliss-reactive ketones (excluding diaryl/α,β-unsaturated/α-hetero) is 1. The lowest BCUT2D eigenvalue weighted by Gasteiger charge is -2.10. The van der Waals surface area contributed by atoms with E-state index in [1.807, 2.05) is 25.1 Å². The lowest BCUT2D eigenvalue weighted by molar-refractivity contribution is 0.0978. The highest BCUT2D eigenvalue weighted by Gasteiger charge is 2.23. The molecule has 0 heterocycles. The molecule has 2 aromatic carbocycles. The molecule has 0 aliphatic rings. The van der Waals surface area contributed by atoms with Crippen LogP contribution in [0.25, 0.3) is 0 Å². The minimum atomic E-state index is -0.936. The fourth-order valence-corrected chi connectivity index (χ4v) is 2.60. The zero-order valence-electron chi connectivity index (χ0n) is 10.7. The fraction of sp³-hybridized carbons (Fsp3) is 0.125. The summed E-state index contributed by atoms with van der Waals surface area (Å²) >= 11 is 3.34. The van der Waals surface area contributed by atoms with Crippen LogP contribution in [0.4, 0.5) is 4.39 Å². The van der Waals surface area contributed by atoms with E-state index < -0.39 is 11.7 Å². The monoisotopic (exact) mass is 331 g/mol. The minimum Gasteiger partial charge on any atom is -0.292 e. The lowest BCUT2D eigenvalue weighted by atomic mass is 9.91. The number of aryl methyl sites for hydroxylation is 1. The third kappa shape index (κ3) is 2.94. The van der Waals surface area contributed by atoms with Gasteiger partial charge in [0.1, 0.15) is 11.7 Å². The summed E-state index contributed by atoms with van der Waals surface area (Å²) in [6.45, 7) is 1.92. The molecule has 20 heavy (non-hydrogen) atoms. The van der Waals surface area contributed by atoms with Gasteiger partial charge in [-0.05, 0) is 42.3 Å². The van der Waals surface area contributed by atoms with Crippen LogP contribution in [0.5, 0.6) is 0 Å². The molecule has 0 saturated carbocycles. The Morgan fingerprint density at radius 2 is 1.90 bits per heavy atom. The van der Waals surface area contributed by atoms with Crippen molar-refractivity contribution in [1.82, 2.24) is 0 Å². The average molecular weight is 332 g/mol. The Balaban J connectivity index is 2.39. The first-order valence-corrected chi connectivity index (χ1v) is 6.77. The van der Waals surface area contributed by atoms with Gasteiger partial charge in [0.15, 0.2) is 5.78 Å². The van der Waals surface area contributed by atoms with Gasteiger partial charge in [0.05, 0.1) is 6.07 Å². The summed E-state index contributed by atoms with van der Waals surface area (Å²) in [5.74, 6) is -1.63. The van der Waals surface area contributed by atoms with Crippen LogP contribution in [0, 0.1) is 24.1 Å². The molecule has 0 aliphatic heterocycles. The van der Waals surface area contributed by atoms with E-state index in [9.17, 15) is 14.4 Å². The first-order valence-electron chi connectivity index (χ1n) is 5.98. The molecule has 4 heteroatoms. The number of nitriles is 1. The van der Waals surface area contributed by atoms with Crippen molar-refractivity contribution in [2.24, 2.45) is 0 Å². The molecule has 0 saturated heterocycles. The Morgan fingerprint density at radius 3 is 2.45 bits per heavy atom. The molecular formula is C16H11BrFNO. The van der Waals surface area contributed by atoms with Crippen molar-refractivity contribution < 1.29 is 9.18 Å². The highest BCUT2D eigenvalue weighted by atomic mass is 79.9. The van der Waals surface area contributed by atoms with E-state index >= 15 is 0 Å². The molecule has 0 radical (unpaired) electrons. The quantitative estimate of drug-likeness (QED) is 0.783. The number of rotatable bonds is 3. The second-order valence-corrected chi connectivity index (χ2v) is 5.32. The molecule has 100 valence electrons. The summed E-state index contributed by atoms with van der Waals surface area (Å²) < 4.78 is 13.6. The molecule has 1 unspecified atom stereocenters. The van der Waals surface area contributed by atoms with Gasteiger partial charge >= 0.3 is 0 Å². The fourth-order valence-electron chi connectivity index (χ4n) is 1.92. The zero-order valence-corrected chi connectivity index (χ0v) is 12.3. The van der Waals surface area contributed by atoms with Gasteiger partial charge in [-0.1, -0.05) is 34.1 Å². The van der Waals surface area contributed by atoms with Crippen LogP contribution in [0.3, 0.4) is 0 Å². The van der Waals surface area contributed by atoms with Crippen molar-refractivity contribution in [1.29, 1.82) is 5.26 Å². The van der Waals surface area contributed by atoms with Crippen molar-refractivity contribution in [3.63, 3.8) is 0 Å². The molecule has 0 spiro atoms. The van der Waals surface area contributed by atoms with E-state index in [1.54, 1.807) is 6.07 Å². The summed E-state index contributed by atoms with van der Waals surface area (Å²) in [6.07, 6.45) is 0. The zero-order chi connectivity index (χ0) is 14.7. The van der Waals surface area contributed by atoms with Crippen LogP contribution < -0.4 is 0 Å². The summed E-state index contributed by atoms with van der Waals surface area (Å²) in [4.78, 5) is 12.4. The normalized spacial score (nSPS) is 11.7. The number of nitrogens with zero attached hydrogens (tertiary/aromatic N) is 1. The molecular weight excluding hydrogens is 321 g/mol. The standard InChI is InChI=1S/C16H11BrFNO/c1-10-2-7-13(15(17)8-10)16(20)14(9-19)11-3-5-12(18)6-4-11/h2-8,14H,1H3. The second-order valence-electron chi connectivity index (χ2n) is 4.46. The van der Waals surface area contributed by atoms with E-state index in [4.69, 9.17) is 0 Å². The average Bonchev–Trinajstić information content (AvgIpc) is 2.41. The molecule has 0 bridgehead atoms. The van der Waals surface area contributed by atoms with Gasteiger partial charge < -0.3 is 0 Å². The summed E-state index contributed by atoms with van der Waals surface area (Å²) in [5.41, 5.74) is 1.96. The van der Waals surface area contributed by atoms with Crippen LogP contribution in [-0.2, 0) is 0 Å². The predicted octanol–water partition coefficient (Wildman–Crippen LogP) is 4.39. The van der Waals surface area contributed by atoms with Crippen LogP contribution >= 0.6 is 15.9 Å². The molecule has 0 aliphatic carbocycles. The van der Waals surface area contributed by atoms with Gasteiger partial charge in [0, 0.05) is 10.0 Å². The number of ketones is 1. The summed E-state index contributed by atoms with van der Waals surface area (Å²) in [5, 5.41) is 9.25. The Hall–Kier alpha value is -1.99. The smallest absolute Gasteiger partial charge is 0.185 e. The maximum absolute atomic E-state index is 12.9. The van der Waals surface area contributed by atoms with Crippen LogP contribution in [0.1, 0.15) is 27.4 Å².